The average molecular weight is 341 g/mol. The zero-order chi connectivity index (χ0) is 17.8. The number of benzene rings is 3. The van der Waals surface area contributed by atoms with Gasteiger partial charge in [0.1, 0.15) is 5.75 Å². The van der Waals surface area contributed by atoms with Crippen molar-refractivity contribution < 1.29 is 4.74 Å². The van der Waals surface area contributed by atoms with E-state index in [0.29, 0.717) is 6.04 Å². The summed E-state index contributed by atoms with van der Waals surface area (Å²) in [6, 6.07) is 30.1. The van der Waals surface area contributed by atoms with Crippen LogP contribution in [0.1, 0.15) is 23.6 Å². The third kappa shape index (κ3) is 3.50. The van der Waals surface area contributed by atoms with Crippen LogP contribution in [0.15, 0.2) is 90.5 Å². The highest BCUT2D eigenvalue weighted by Gasteiger charge is 2.29. The highest BCUT2D eigenvalue weighted by atomic mass is 16.5. The lowest BCUT2D eigenvalue weighted by Crippen LogP contribution is -2.22. The maximum atomic E-state index is 5.31. The monoisotopic (exact) mass is 341 g/mol. The minimum absolute atomic E-state index is 0.361. The first-order valence-corrected chi connectivity index (χ1v) is 9.03. The molecular formula is C24H23NO. The molecule has 0 bridgehead atoms. The molecule has 2 nitrogen and oxygen atoms in total. The second-order valence-electron chi connectivity index (χ2n) is 6.67. The van der Waals surface area contributed by atoms with Crippen molar-refractivity contribution >= 4 is 11.8 Å². The summed E-state index contributed by atoms with van der Waals surface area (Å²) in [6.45, 7) is 0.945. The Morgan fingerprint density at radius 2 is 1.50 bits per heavy atom. The summed E-state index contributed by atoms with van der Waals surface area (Å²) in [5.74, 6) is 0.893. The predicted molar refractivity (Wildman–Crippen MR) is 109 cm³/mol. The molecule has 0 aromatic heterocycles. The first kappa shape index (κ1) is 16.5. The SMILES string of the molecule is COc1ccc(N2C/C(=C/c3ccccc3)CC2c2ccccc2)cc1. The number of ether oxygens (including phenoxy) is 1. The predicted octanol–water partition coefficient (Wildman–Crippen LogP) is 5.73. The fraction of sp³-hybridized carbons (Fsp3) is 0.167. The summed E-state index contributed by atoms with van der Waals surface area (Å²) in [5.41, 5.74) is 5.32. The van der Waals surface area contributed by atoms with Gasteiger partial charge < -0.3 is 9.64 Å². The molecule has 4 rings (SSSR count). The van der Waals surface area contributed by atoms with Gasteiger partial charge in [0.15, 0.2) is 0 Å². The molecular weight excluding hydrogens is 318 g/mol. The van der Waals surface area contributed by atoms with Crippen LogP contribution in [0.5, 0.6) is 5.75 Å². The first-order chi connectivity index (χ1) is 12.8. The largest absolute Gasteiger partial charge is 0.497 e. The average Bonchev–Trinajstić information content (AvgIpc) is 3.13. The second-order valence-corrected chi connectivity index (χ2v) is 6.67. The van der Waals surface area contributed by atoms with E-state index >= 15 is 0 Å². The van der Waals surface area contributed by atoms with E-state index in [0.717, 1.165) is 18.7 Å². The van der Waals surface area contributed by atoms with Gasteiger partial charge in [0.05, 0.1) is 13.2 Å². The van der Waals surface area contributed by atoms with E-state index in [2.05, 4.69) is 83.8 Å². The summed E-state index contributed by atoms with van der Waals surface area (Å²) < 4.78 is 5.31. The molecule has 1 aliphatic heterocycles. The van der Waals surface area contributed by atoms with Crippen LogP contribution in [0.25, 0.3) is 6.08 Å². The van der Waals surface area contributed by atoms with Crippen LogP contribution in [0, 0.1) is 0 Å². The zero-order valence-corrected chi connectivity index (χ0v) is 15.0. The lowest BCUT2D eigenvalue weighted by atomic mass is 10.0. The molecule has 1 heterocycles. The van der Waals surface area contributed by atoms with Crippen LogP contribution in [0.3, 0.4) is 0 Å². The molecule has 0 amide bonds. The minimum atomic E-state index is 0.361. The lowest BCUT2D eigenvalue weighted by molar-refractivity contribution is 0.415. The standard InChI is InChI=1S/C24H23NO/c1-26-23-14-12-22(13-15-23)25-18-20(16-19-8-4-2-5-9-19)17-24(25)21-10-6-3-7-11-21/h2-16,24H,17-18H2,1H3/b20-16+. The van der Waals surface area contributed by atoms with Crippen molar-refractivity contribution in [3.63, 3.8) is 0 Å². The summed E-state index contributed by atoms with van der Waals surface area (Å²) in [6.07, 6.45) is 3.38. The number of nitrogens with zero attached hydrogens (tertiary/aromatic N) is 1. The Labute approximate surface area is 155 Å². The van der Waals surface area contributed by atoms with Gasteiger partial charge in [0.25, 0.3) is 0 Å². The maximum absolute atomic E-state index is 5.31. The van der Waals surface area contributed by atoms with Gasteiger partial charge in [0, 0.05) is 12.2 Å². The minimum Gasteiger partial charge on any atom is -0.497 e. The summed E-state index contributed by atoms with van der Waals surface area (Å²) in [5, 5.41) is 0. The lowest BCUT2D eigenvalue weighted by Gasteiger charge is -2.27. The van der Waals surface area contributed by atoms with Gasteiger partial charge >= 0.3 is 0 Å². The number of anilines is 1. The van der Waals surface area contributed by atoms with Gasteiger partial charge in [0.2, 0.25) is 0 Å². The molecule has 0 N–H and O–H groups in total. The Kier molecular flexibility index (Phi) is 4.74. The molecule has 26 heavy (non-hydrogen) atoms. The zero-order valence-electron chi connectivity index (χ0n) is 15.0. The molecule has 1 atom stereocenters. The molecule has 0 aliphatic carbocycles. The molecule has 1 fully saturated rings. The van der Waals surface area contributed by atoms with Gasteiger partial charge in [-0.15, -0.1) is 0 Å². The van der Waals surface area contributed by atoms with E-state index in [4.69, 9.17) is 4.74 Å². The van der Waals surface area contributed by atoms with Crippen LogP contribution < -0.4 is 9.64 Å². The van der Waals surface area contributed by atoms with Crippen molar-refractivity contribution in [3.05, 3.63) is 102 Å². The van der Waals surface area contributed by atoms with Crippen molar-refractivity contribution in [1.82, 2.24) is 0 Å². The Bertz CT molecular complexity index is 869. The summed E-state index contributed by atoms with van der Waals surface area (Å²) in [4.78, 5) is 2.49. The van der Waals surface area contributed by atoms with Crippen molar-refractivity contribution in [3.8, 4) is 5.75 Å². The van der Waals surface area contributed by atoms with E-state index in [1.807, 2.05) is 12.1 Å². The van der Waals surface area contributed by atoms with E-state index < -0.39 is 0 Å². The topological polar surface area (TPSA) is 12.5 Å². The van der Waals surface area contributed by atoms with Crippen LogP contribution in [0.4, 0.5) is 5.69 Å². The fourth-order valence-electron chi connectivity index (χ4n) is 3.66. The normalized spacial score (nSPS) is 18.3. The number of methoxy groups -OCH3 is 1. The van der Waals surface area contributed by atoms with Crippen molar-refractivity contribution in [2.75, 3.05) is 18.6 Å². The third-order valence-corrected chi connectivity index (χ3v) is 4.96. The smallest absolute Gasteiger partial charge is 0.119 e. The number of rotatable bonds is 4. The highest BCUT2D eigenvalue weighted by Crippen LogP contribution is 2.39. The van der Waals surface area contributed by atoms with E-state index in [1.54, 1.807) is 7.11 Å². The van der Waals surface area contributed by atoms with Crippen molar-refractivity contribution in [2.45, 2.75) is 12.5 Å². The molecule has 1 saturated heterocycles. The van der Waals surface area contributed by atoms with Gasteiger partial charge in [-0.05, 0) is 47.4 Å². The molecule has 3 aromatic carbocycles. The maximum Gasteiger partial charge on any atom is 0.119 e. The van der Waals surface area contributed by atoms with Crippen molar-refractivity contribution in [1.29, 1.82) is 0 Å². The second kappa shape index (κ2) is 7.49. The molecule has 0 saturated carbocycles. The number of hydrogen-bond donors (Lipinski definition) is 0. The third-order valence-electron chi connectivity index (χ3n) is 4.96. The van der Waals surface area contributed by atoms with Crippen LogP contribution in [-0.4, -0.2) is 13.7 Å². The van der Waals surface area contributed by atoms with Gasteiger partial charge in [-0.1, -0.05) is 66.7 Å². The quantitative estimate of drug-likeness (QED) is 0.601. The van der Waals surface area contributed by atoms with Gasteiger partial charge in [-0.25, -0.2) is 0 Å². The summed E-state index contributed by atoms with van der Waals surface area (Å²) in [7, 11) is 1.71. The van der Waals surface area contributed by atoms with Crippen molar-refractivity contribution in [2.24, 2.45) is 0 Å². The molecule has 0 radical (unpaired) electrons. The van der Waals surface area contributed by atoms with E-state index in [1.165, 1.54) is 22.4 Å². The number of hydrogen-bond acceptors (Lipinski definition) is 2. The Morgan fingerprint density at radius 3 is 2.15 bits per heavy atom. The summed E-state index contributed by atoms with van der Waals surface area (Å²) >= 11 is 0. The van der Waals surface area contributed by atoms with Crippen LogP contribution in [-0.2, 0) is 0 Å². The first-order valence-electron chi connectivity index (χ1n) is 9.03. The van der Waals surface area contributed by atoms with Crippen LogP contribution >= 0.6 is 0 Å². The molecule has 1 unspecified atom stereocenters. The Morgan fingerprint density at radius 1 is 0.846 bits per heavy atom. The Hall–Kier alpha value is -3.00. The molecule has 130 valence electrons. The van der Waals surface area contributed by atoms with E-state index in [-0.39, 0.29) is 0 Å². The van der Waals surface area contributed by atoms with Crippen LogP contribution in [0.2, 0.25) is 0 Å². The Balaban J connectivity index is 1.68. The van der Waals surface area contributed by atoms with Gasteiger partial charge in [-0.2, -0.15) is 0 Å². The fourth-order valence-corrected chi connectivity index (χ4v) is 3.66. The molecule has 2 heteroatoms. The molecule has 1 aliphatic rings. The molecule has 3 aromatic rings. The molecule has 0 spiro atoms. The highest BCUT2D eigenvalue weighted by molar-refractivity contribution is 5.61. The van der Waals surface area contributed by atoms with E-state index in [9.17, 15) is 0 Å². The van der Waals surface area contributed by atoms with Gasteiger partial charge in [-0.3, -0.25) is 0 Å².